The molecular formula is C20H14N2O2. The van der Waals surface area contributed by atoms with Gasteiger partial charge in [0, 0.05) is 5.69 Å². The Morgan fingerprint density at radius 1 is 1.00 bits per heavy atom. The van der Waals surface area contributed by atoms with E-state index in [0.29, 0.717) is 5.69 Å². The highest BCUT2D eigenvalue weighted by atomic mass is 16.3. The van der Waals surface area contributed by atoms with Crippen LogP contribution in [0.4, 0.5) is 5.69 Å². The Balaban J connectivity index is 1.92. The van der Waals surface area contributed by atoms with E-state index in [2.05, 4.69) is 5.32 Å². The summed E-state index contributed by atoms with van der Waals surface area (Å²) in [5.41, 5.74) is 1.34. The summed E-state index contributed by atoms with van der Waals surface area (Å²) in [6, 6.07) is 21.6. The fraction of sp³-hybridized carbons (Fsp3) is 0. The molecule has 3 rings (SSSR count). The van der Waals surface area contributed by atoms with Crippen LogP contribution in [0.25, 0.3) is 16.8 Å². The number of aromatic hydroxyl groups is 1. The van der Waals surface area contributed by atoms with Crippen LogP contribution in [0.3, 0.4) is 0 Å². The first-order valence-corrected chi connectivity index (χ1v) is 7.37. The van der Waals surface area contributed by atoms with Gasteiger partial charge in [0.1, 0.15) is 17.4 Å². The molecule has 1 amide bonds. The number of phenols is 1. The Kier molecular flexibility index (Phi) is 4.26. The van der Waals surface area contributed by atoms with Gasteiger partial charge in [-0.1, -0.05) is 42.5 Å². The molecule has 0 heterocycles. The van der Waals surface area contributed by atoms with Crippen LogP contribution >= 0.6 is 0 Å². The molecule has 0 saturated heterocycles. The topological polar surface area (TPSA) is 73.1 Å². The van der Waals surface area contributed by atoms with Crippen LogP contribution in [0.15, 0.2) is 72.3 Å². The van der Waals surface area contributed by atoms with Gasteiger partial charge in [-0.3, -0.25) is 4.79 Å². The fourth-order valence-electron chi connectivity index (χ4n) is 2.42. The fourth-order valence-corrected chi connectivity index (χ4v) is 2.42. The third-order valence-corrected chi connectivity index (χ3v) is 3.61. The molecule has 0 saturated carbocycles. The van der Waals surface area contributed by atoms with Crippen LogP contribution in [0.2, 0.25) is 0 Å². The minimum absolute atomic E-state index is 0.0134. The Morgan fingerprint density at radius 2 is 1.71 bits per heavy atom. The summed E-state index contributed by atoms with van der Waals surface area (Å²) in [7, 11) is 0. The number of anilines is 1. The van der Waals surface area contributed by atoms with Gasteiger partial charge in [-0.25, -0.2) is 0 Å². The van der Waals surface area contributed by atoms with Gasteiger partial charge < -0.3 is 10.4 Å². The molecule has 0 atom stereocenters. The number of benzene rings is 3. The molecule has 116 valence electrons. The summed E-state index contributed by atoms with van der Waals surface area (Å²) in [5.74, 6) is -0.379. The van der Waals surface area contributed by atoms with Crippen LogP contribution < -0.4 is 5.32 Å². The predicted octanol–water partition coefficient (Wildman–Crippen LogP) is 4.09. The number of hydrogen-bond donors (Lipinski definition) is 2. The van der Waals surface area contributed by atoms with Crippen molar-refractivity contribution >= 4 is 28.4 Å². The summed E-state index contributed by atoms with van der Waals surface area (Å²) < 4.78 is 0. The number of rotatable bonds is 3. The van der Waals surface area contributed by atoms with Crippen LogP contribution in [-0.2, 0) is 4.79 Å². The number of amides is 1. The highest BCUT2D eigenvalue weighted by Crippen LogP contribution is 2.21. The van der Waals surface area contributed by atoms with Gasteiger partial charge in [-0.2, -0.15) is 5.26 Å². The van der Waals surface area contributed by atoms with E-state index in [0.717, 1.165) is 16.3 Å². The number of nitrogens with one attached hydrogen (secondary N) is 1. The molecule has 3 aromatic rings. The monoisotopic (exact) mass is 314 g/mol. The van der Waals surface area contributed by atoms with Crippen molar-refractivity contribution in [1.29, 1.82) is 5.26 Å². The number of nitrogens with zero attached hydrogens (tertiary/aromatic N) is 1. The quantitative estimate of drug-likeness (QED) is 0.434. The van der Waals surface area contributed by atoms with Gasteiger partial charge in [-0.05, 0) is 46.7 Å². The third-order valence-electron chi connectivity index (χ3n) is 3.61. The molecule has 3 aromatic carbocycles. The summed E-state index contributed by atoms with van der Waals surface area (Å²) in [6.45, 7) is 0. The van der Waals surface area contributed by atoms with E-state index in [1.54, 1.807) is 18.2 Å². The van der Waals surface area contributed by atoms with Crippen molar-refractivity contribution in [2.24, 2.45) is 0 Å². The molecule has 0 aliphatic rings. The van der Waals surface area contributed by atoms with E-state index in [9.17, 15) is 15.2 Å². The van der Waals surface area contributed by atoms with E-state index >= 15 is 0 Å². The molecule has 0 radical (unpaired) electrons. The van der Waals surface area contributed by atoms with Crippen molar-refractivity contribution < 1.29 is 9.90 Å². The van der Waals surface area contributed by atoms with Gasteiger partial charge in [-0.15, -0.1) is 0 Å². The van der Waals surface area contributed by atoms with Crippen LogP contribution in [-0.4, -0.2) is 11.0 Å². The van der Waals surface area contributed by atoms with Gasteiger partial charge in [0.15, 0.2) is 0 Å². The zero-order chi connectivity index (χ0) is 16.9. The summed E-state index contributed by atoms with van der Waals surface area (Å²) in [4.78, 5) is 12.3. The zero-order valence-electron chi connectivity index (χ0n) is 12.7. The lowest BCUT2D eigenvalue weighted by Gasteiger charge is -2.06. The van der Waals surface area contributed by atoms with Gasteiger partial charge in [0.05, 0.1) is 0 Å². The standard InChI is InChI=1S/C20H14N2O2/c21-13-16(20(24)22-17-8-10-18(23)11-9-17)12-15-6-3-5-14-4-1-2-7-19(14)15/h1-12,23H,(H,22,24)/b16-12-. The highest BCUT2D eigenvalue weighted by Gasteiger charge is 2.10. The van der Waals surface area contributed by atoms with Gasteiger partial charge in [0.2, 0.25) is 0 Å². The second-order valence-electron chi connectivity index (χ2n) is 5.24. The smallest absolute Gasteiger partial charge is 0.266 e. The number of hydrogen-bond acceptors (Lipinski definition) is 3. The Bertz CT molecular complexity index is 962. The number of carbonyl (C=O) groups is 1. The average Bonchev–Trinajstić information content (AvgIpc) is 2.61. The molecule has 0 fully saturated rings. The van der Waals surface area contributed by atoms with Gasteiger partial charge >= 0.3 is 0 Å². The lowest BCUT2D eigenvalue weighted by atomic mass is 10.0. The SMILES string of the molecule is N#C/C(=C/c1cccc2ccccc12)C(=O)Nc1ccc(O)cc1. The lowest BCUT2D eigenvalue weighted by Crippen LogP contribution is -2.13. The summed E-state index contributed by atoms with van der Waals surface area (Å²) in [6.07, 6.45) is 1.58. The van der Waals surface area contributed by atoms with Crippen molar-refractivity contribution in [3.8, 4) is 11.8 Å². The largest absolute Gasteiger partial charge is 0.508 e. The van der Waals surface area contributed by atoms with Crippen molar-refractivity contribution in [2.75, 3.05) is 5.32 Å². The number of fused-ring (bicyclic) bond motifs is 1. The lowest BCUT2D eigenvalue weighted by molar-refractivity contribution is -0.112. The first kappa shape index (κ1) is 15.3. The summed E-state index contributed by atoms with van der Waals surface area (Å²) in [5, 5.41) is 23.3. The van der Waals surface area contributed by atoms with Gasteiger partial charge in [0.25, 0.3) is 5.91 Å². The second-order valence-corrected chi connectivity index (χ2v) is 5.24. The first-order chi connectivity index (χ1) is 11.7. The van der Waals surface area contributed by atoms with Crippen LogP contribution in [0.1, 0.15) is 5.56 Å². The predicted molar refractivity (Wildman–Crippen MR) is 94.3 cm³/mol. The third kappa shape index (κ3) is 3.26. The summed E-state index contributed by atoms with van der Waals surface area (Å²) >= 11 is 0. The maximum absolute atomic E-state index is 12.3. The minimum Gasteiger partial charge on any atom is -0.508 e. The van der Waals surface area contributed by atoms with E-state index in [1.807, 2.05) is 48.5 Å². The second kappa shape index (κ2) is 6.67. The van der Waals surface area contributed by atoms with E-state index in [4.69, 9.17) is 0 Å². The van der Waals surface area contributed by atoms with Crippen molar-refractivity contribution in [2.45, 2.75) is 0 Å². The molecule has 4 nitrogen and oxygen atoms in total. The highest BCUT2D eigenvalue weighted by molar-refractivity contribution is 6.10. The maximum atomic E-state index is 12.3. The van der Waals surface area contributed by atoms with Crippen molar-refractivity contribution in [3.63, 3.8) is 0 Å². The van der Waals surface area contributed by atoms with Crippen molar-refractivity contribution in [3.05, 3.63) is 77.9 Å². The molecule has 0 aliphatic carbocycles. The molecule has 0 bridgehead atoms. The Hall–Kier alpha value is -3.58. The molecule has 4 heteroatoms. The molecule has 0 aliphatic heterocycles. The normalized spacial score (nSPS) is 11.0. The number of phenolic OH excluding ortho intramolecular Hbond substituents is 1. The van der Waals surface area contributed by atoms with Crippen molar-refractivity contribution in [1.82, 2.24) is 0 Å². The number of nitriles is 1. The number of carbonyl (C=O) groups excluding carboxylic acids is 1. The molecule has 0 spiro atoms. The van der Waals surface area contributed by atoms with Crippen LogP contribution in [0, 0.1) is 11.3 Å². The van der Waals surface area contributed by atoms with Crippen LogP contribution in [0.5, 0.6) is 5.75 Å². The zero-order valence-corrected chi connectivity index (χ0v) is 12.7. The maximum Gasteiger partial charge on any atom is 0.266 e. The van der Waals surface area contributed by atoms with E-state index in [1.165, 1.54) is 12.1 Å². The Labute approximate surface area is 139 Å². The molecule has 2 N–H and O–H groups in total. The van der Waals surface area contributed by atoms with E-state index < -0.39 is 5.91 Å². The minimum atomic E-state index is -0.490. The molecule has 24 heavy (non-hydrogen) atoms. The molecule has 0 unspecified atom stereocenters. The molecular weight excluding hydrogens is 300 g/mol. The Morgan fingerprint density at radius 3 is 2.46 bits per heavy atom. The molecule has 0 aromatic heterocycles. The van der Waals surface area contributed by atoms with E-state index in [-0.39, 0.29) is 11.3 Å². The average molecular weight is 314 g/mol. The first-order valence-electron chi connectivity index (χ1n) is 7.37.